The number of nitrogens with one attached hydrogen (secondary N) is 2. The van der Waals surface area contributed by atoms with Gasteiger partial charge >= 0.3 is 6.03 Å². The Morgan fingerprint density at radius 3 is 2.84 bits per heavy atom. The number of hydrogen-bond donors (Lipinski definition) is 2. The molecule has 1 rings (SSSR count). The highest BCUT2D eigenvalue weighted by Crippen LogP contribution is 2.22. The summed E-state index contributed by atoms with van der Waals surface area (Å²) in [6.07, 6.45) is 0.706. The number of hydrogen-bond acceptors (Lipinski definition) is 4. The fourth-order valence-corrected chi connectivity index (χ4v) is 1.48. The van der Waals surface area contributed by atoms with Gasteiger partial charge in [0.25, 0.3) is 5.69 Å². The van der Waals surface area contributed by atoms with E-state index in [1.54, 1.807) is 26.2 Å². The molecule has 104 valence electrons. The molecule has 0 bridgehead atoms. The van der Waals surface area contributed by atoms with Gasteiger partial charge in [-0.15, -0.1) is 0 Å². The molecule has 7 heteroatoms. The molecule has 0 saturated carbocycles. The number of methoxy groups -OCH3 is 1. The van der Waals surface area contributed by atoms with Crippen LogP contribution >= 0.6 is 0 Å². The number of rotatable bonds is 6. The first-order chi connectivity index (χ1) is 9.04. The maximum absolute atomic E-state index is 11.5. The van der Waals surface area contributed by atoms with E-state index in [4.69, 9.17) is 4.74 Å². The van der Waals surface area contributed by atoms with E-state index in [0.29, 0.717) is 30.8 Å². The molecule has 0 fully saturated rings. The number of ether oxygens (including phenoxy) is 1. The average Bonchev–Trinajstić information content (AvgIpc) is 2.36. The van der Waals surface area contributed by atoms with Crippen LogP contribution < -0.4 is 10.6 Å². The SMILES string of the molecule is COCCCNC(=O)Nc1ccc(C)c([N+](=O)[O-])c1. The summed E-state index contributed by atoms with van der Waals surface area (Å²) in [4.78, 5) is 21.8. The Kier molecular flexibility index (Phi) is 5.74. The van der Waals surface area contributed by atoms with E-state index in [2.05, 4.69) is 10.6 Å². The average molecular weight is 267 g/mol. The first kappa shape index (κ1) is 14.9. The Hall–Kier alpha value is -2.15. The van der Waals surface area contributed by atoms with Gasteiger partial charge in [-0.3, -0.25) is 10.1 Å². The number of nitrogens with zero attached hydrogens (tertiary/aromatic N) is 1. The molecule has 19 heavy (non-hydrogen) atoms. The van der Waals surface area contributed by atoms with Crippen LogP contribution in [-0.2, 0) is 4.74 Å². The molecule has 1 aromatic rings. The Morgan fingerprint density at radius 1 is 1.47 bits per heavy atom. The number of urea groups is 1. The minimum absolute atomic E-state index is 0.0165. The summed E-state index contributed by atoms with van der Waals surface area (Å²) in [7, 11) is 1.59. The third-order valence-electron chi connectivity index (χ3n) is 2.47. The van der Waals surface area contributed by atoms with Crippen LogP contribution in [0.25, 0.3) is 0 Å². The second-order valence-electron chi connectivity index (χ2n) is 3.99. The summed E-state index contributed by atoms with van der Waals surface area (Å²) in [5.41, 5.74) is 0.926. The molecule has 1 aromatic carbocycles. The summed E-state index contributed by atoms with van der Waals surface area (Å²) < 4.78 is 4.85. The lowest BCUT2D eigenvalue weighted by molar-refractivity contribution is -0.385. The molecule has 0 aromatic heterocycles. The number of carbonyl (C=O) groups is 1. The molecule has 2 N–H and O–H groups in total. The fourth-order valence-electron chi connectivity index (χ4n) is 1.48. The molecule has 0 aliphatic heterocycles. The van der Waals surface area contributed by atoms with E-state index in [1.807, 2.05) is 0 Å². The third kappa shape index (κ3) is 4.92. The first-order valence-corrected chi connectivity index (χ1v) is 5.83. The maximum atomic E-state index is 11.5. The molecule has 7 nitrogen and oxygen atoms in total. The van der Waals surface area contributed by atoms with Crippen molar-refractivity contribution in [3.05, 3.63) is 33.9 Å². The lowest BCUT2D eigenvalue weighted by Gasteiger charge is -2.07. The Balaban J connectivity index is 2.55. The molecule has 0 aliphatic rings. The van der Waals surface area contributed by atoms with E-state index in [9.17, 15) is 14.9 Å². The Bertz CT molecular complexity index is 462. The number of anilines is 1. The predicted octanol–water partition coefficient (Wildman–Crippen LogP) is 2.06. The quantitative estimate of drug-likeness (QED) is 0.468. The standard InChI is InChI=1S/C12H17N3O4/c1-9-4-5-10(8-11(9)15(17)18)14-12(16)13-6-3-7-19-2/h4-5,8H,3,6-7H2,1-2H3,(H2,13,14,16). The molecule has 0 aliphatic carbocycles. The van der Waals surface area contributed by atoms with E-state index in [-0.39, 0.29) is 5.69 Å². The smallest absolute Gasteiger partial charge is 0.319 e. The zero-order valence-electron chi connectivity index (χ0n) is 10.9. The summed E-state index contributed by atoms with van der Waals surface area (Å²) in [5.74, 6) is 0. The van der Waals surface area contributed by atoms with Crippen molar-refractivity contribution in [3.63, 3.8) is 0 Å². The van der Waals surface area contributed by atoms with Crippen molar-refractivity contribution in [1.82, 2.24) is 5.32 Å². The van der Waals surface area contributed by atoms with Gasteiger partial charge in [0, 0.05) is 37.6 Å². The Morgan fingerprint density at radius 2 is 2.21 bits per heavy atom. The second kappa shape index (κ2) is 7.32. The topological polar surface area (TPSA) is 93.5 Å². The van der Waals surface area contributed by atoms with Crippen LogP contribution in [0.2, 0.25) is 0 Å². The lowest BCUT2D eigenvalue weighted by Crippen LogP contribution is -2.30. The van der Waals surface area contributed by atoms with Crippen LogP contribution in [0.15, 0.2) is 18.2 Å². The molecule has 0 atom stereocenters. The van der Waals surface area contributed by atoms with Crippen molar-refractivity contribution in [2.45, 2.75) is 13.3 Å². The van der Waals surface area contributed by atoms with Crippen molar-refractivity contribution >= 4 is 17.4 Å². The lowest BCUT2D eigenvalue weighted by atomic mass is 10.2. The molecule has 0 heterocycles. The van der Waals surface area contributed by atoms with Crippen molar-refractivity contribution < 1.29 is 14.5 Å². The Labute approximate surface area is 111 Å². The number of carbonyl (C=O) groups excluding carboxylic acids is 1. The normalized spacial score (nSPS) is 10.0. The van der Waals surface area contributed by atoms with Gasteiger partial charge in [0.05, 0.1) is 4.92 Å². The molecule has 0 radical (unpaired) electrons. The minimum Gasteiger partial charge on any atom is -0.385 e. The molecular weight excluding hydrogens is 250 g/mol. The molecule has 0 saturated heterocycles. The number of aryl methyl sites for hydroxylation is 1. The zero-order valence-corrected chi connectivity index (χ0v) is 10.9. The zero-order chi connectivity index (χ0) is 14.3. The highest BCUT2D eigenvalue weighted by molar-refractivity contribution is 5.89. The van der Waals surface area contributed by atoms with Crippen LogP contribution in [0.5, 0.6) is 0 Å². The van der Waals surface area contributed by atoms with Crippen molar-refractivity contribution in [3.8, 4) is 0 Å². The van der Waals surface area contributed by atoms with E-state index >= 15 is 0 Å². The van der Waals surface area contributed by atoms with Crippen LogP contribution in [0.4, 0.5) is 16.2 Å². The van der Waals surface area contributed by atoms with Crippen LogP contribution in [0.1, 0.15) is 12.0 Å². The van der Waals surface area contributed by atoms with Crippen molar-refractivity contribution in [1.29, 1.82) is 0 Å². The summed E-state index contributed by atoms with van der Waals surface area (Å²) in [6, 6.07) is 4.16. The maximum Gasteiger partial charge on any atom is 0.319 e. The van der Waals surface area contributed by atoms with Crippen LogP contribution in [0.3, 0.4) is 0 Å². The molecule has 0 unspecified atom stereocenters. The van der Waals surface area contributed by atoms with Gasteiger partial charge in [-0.05, 0) is 19.4 Å². The van der Waals surface area contributed by atoms with Crippen molar-refractivity contribution in [2.24, 2.45) is 0 Å². The predicted molar refractivity (Wildman–Crippen MR) is 71.3 cm³/mol. The summed E-state index contributed by atoms with van der Waals surface area (Å²) in [6.45, 7) is 2.69. The second-order valence-corrected chi connectivity index (χ2v) is 3.99. The largest absolute Gasteiger partial charge is 0.385 e. The molecule has 2 amide bonds. The monoisotopic (exact) mass is 267 g/mol. The van der Waals surface area contributed by atoms with Gasteiger partial charge in [-0.25, -0.2) is 4.79 Å². The fraction of sp³-hybridized carbons (Fsp3) is 0.417. The van der Waals surface area contributed by atoms with E-state index in [1.165, 1.54) is 6.07 Å². The third-order valence-corrected chi connectivity index (χ3v) is 2.47. The molecule has 0 spiro atoms. The number of nitro benzene ring substituents is 1. The first-order valence-electron chi connectivity index (χ1n) is 5.83. The van der Waals surface area contributed by atoms with Gasteiger partial charge < -0.3 is 15.4 Å². The van der Waals surface area contributed by atoms with Crippen LogP contribution in [-0.4, -0.2) is 31.2 Å². The van der Waals surface area contributed by atoms with Gasteiger partial charge in [0.1, 0.15) is 0 Å². The molecular formula is C12H17N3O4. The number of benzene rings is 1. The van der Waals surface area contributed by atoms with Crippen molar-refractivity contribution in [2.75, 3.05) is 25.6 Å². The highest BCUT2D eigenvalue weighted by atomic mass is 16.6. The van der Waals surface area contributed by atoms with E-state index < -0.39 is 11.0 Å². The van der Waals surface area contributed by atoms with Gasteiger partial charge in [-0.2, -0.15) is 0 Å². The van der Waals surface area contributed by atoms with E-state index in [0.717, 1.165) is 0 Å². The summed E-state index contributed by atoms with van der Waals surface area (Å²) in [5, 5.41) is 15.9. The number of amides is 2. The highest BCUT2D eigenvalue weighted by Gasteiger charge is 2.11. The minimum atomic E-state index is -0.475. The van der Waals surface area contributed by atoms with Crippen LogP contribution in [0, 0.1) is 17.0 Å². The van der Waals surface area contributed by atoms with Gasteiger partial charge in [-0.1, -0.05) is 6.07 Å². The summed E-state index contributed by atoms with van der Waals surface area (Å²) >= 11 is 0. The number of nitro groups is 1. The van der Waals surface area contributed by atoms with Gasteiger partial charge in [0.2, 0.25) is 0 Å². The van der Waals surface area contributed by atoms with Gasteiger partial charge in [0.15, 0.2) is 0 Å².